The summed E-state index contributed by atoms with van der Waals surface area (Å²) in [6, 6.07) is 0. The molecule has 96 heavy (non-hydrogen) atoms. The van der Waals surface area contributed by atoms with E-state index in [1.165, 1.54) is 218 Å². The summed E-state index contributed by atoms with van der Waals surface area (Å²) in [5, 5.41) is 10.6. The van der Waals surface area contributed by atoms with Gasteiger partial charge in [0.2, 0.25) is 0 Å². The molecule has 19 heteroatoms. The average Bonchev–Trinajstić information content (AvgIpc) is 3.22. The van der Waals surface area contributed by atoms with Crippen molar-refractivity contribution in [2.45, 2.75) is 425 Å². The van der Waals surface area contributed by atoms with Crippen molar-refractivity contribution in [3.63, 3.8) is 0 Å². The maximum Gasteiger partial charge on any atom is 0.472 e. The van der Waals surface area contributed by atoms with Gasteiger partial charge in [0.25, 0.3) is 0 Å². The van der Waals surface area contributed by atoms with E-state index in [4.69, 9.17) is 37.0 Å². The molecule has 0 aromatic rings. The zero-order chi connectivity index (χ0) is 70.5. The highest BCUT2D eigenvalue weighted by atomic mass is 31.2. The fourth-order valence-electron chi connectivity index (χ4n) is 11.9. The normalized spacial score (nSPS) is 13.9. The smallest absolute Gasteiger partial charge is 0.462 e. The van der Waals surface area contributed by atoms with Gasteiger partial charge in [-0.15, -0.1) is 0 Å². The molecule has 5 atom stereocenters. The second-order valence-corrected chi connectivity index (χ2v) is 31.1. The summed E-state index contributed by atoms with van der Waals surface area (Å²) in [5.41, 5.74) is 0. The van der Waals surface area contributed by atoms with E-state index in [0.717, 1.165) is 109 Å². The number of rotatable bonds is 77. The Morgan fingerprint density at radius 2 is 0.479 bits per heavy atom. The van der Waals surface area contributed by atoms with Crippen molar-refractivity contribution in [3.8, 4) is 0 Å². The van der Waals surface area contributed by atoms with E-state index in [0.29, 0.717) is 25.7 Å². The van der Waals surface area contributed by atoms with Crippen LogP contribution in [0.2, 0.25) is 0 Å². The monoisotopic (exact) mass is 1410 g/mol. The number of ether oxygens (including phenoxy) is 4. The predicted octanol–water partition coefficient (Wildman–Crippen LogP) is 22.9. The van der Waals surface area contributed by atoms with E-state index in [9.17, 15) is 43.2 Å². The van der Waals surface area contributed by atoms with Crippen molar-refractivity contribution >= 4 is 39.5 Å². The molecule has 3 N–H and O–H groups in total. The van der Waals surface area contributed by atoms with Crippen LogP contribution in [0.25, 0.3) is 0 Å². The molecule has 0 saturated carbocycles. The number of unbranched alkanes of at least 4 members (excludes halogenated alkanes) is 49. The maximum absolute atomic E-state index is 13.1. The second kappa shape index (κ2) is 70.1. The molecule has 0 aliphatic rings. The number of aliphatic hydroxyl groups is 1. The van der Waals surface area contributed by atoms with Crippen LogP contribution in [0.3, 0.4) is 0 Å². The number of hydrogen-bond donors (Lipinski definition) is 3. The lowest BCUT2D eigenvalue weighted by atomic mass is 10.0. The molecule has 0 radical (unpaired) electrons. The minimum absolute atomic E-state index is 0.108. The van der Waals surface area contributed by atoms with E-state index in [1.807, 2.05) is 0 Å². The highest BCUT2D eigenvalue weighted by Crippen LogP contribution is 2.45. The molecule has 0 aromatic heterocycles. The quantitative estimate of drug-likeness (QED) is 0.0222. The van der Waals surface area contributed by atoms with Gasteiger partial charge in [0.05, 0.1) is 26.4 Å². The molecule has 0 fully saturated rings. The molecule has 0 aromatic carbocycles. The third-order valence-electron chi connectivity index (χ3n) is 18.0. The predicted molar refractivity (Wildman–Crippen MR) is 391 cm³/mol. The van der Waals surface area contributed by atoms with Crippen LogP contribution in [0.1, 0.15) is 407 Å². The number of phosphoric ester groups is 2. The molecule has 0 spiro atoms. The molecule has 570 valence electrons. The summed E-state index contributed by atoms with van der Waals surface area (Å²) in [7, 11) is -9.91. The molecule has 2 unspecified atom stereocenters. The van der Waals surface area contributed by atoms with Crippen molar-refractivity contribution in [1.29, 1.82) is 0 Å². The van der Waals surface area contributed by atoms with Crippen molar-refractivity contribution in [2.75, 3.05) is 39.6 Å². The molecule has 0 aliphatic heterocycles. The highest BCUT2D eigenvalue weighted by Gasteiger charge is 2.30. The van der Waals surface area contributed by atoms with Gasteiger partial charge >= 0.3 is 39.5 Å². The summed E-state index contributed by atoms with van der Waals surface area (Å²) >= 11 is 0. The first-order valence-electron chi connectivity index (χ1n) is 40.1. The fourth-order valence-corrected chi connectivity index (χ4v) is 13.5. The Balaban J connectivity index is 5.19. The van der Waals surface area contributed by atoms with Crippen molar-refractivity contribution < 1.29 is 80.2 Å². The molecule has 0 aliphatic carbocycles. The van der Waals surface area contributed by atoms with Crippen LogP contribution in [0, 0.1) is 5.92 Å². The van der Waals surface area contributed by atoms with Gasteiger partial charge in [-0.2, -0.15) is 0 Å². The topological polar surface area (TPSA) is 237 Å². The van der Waals surface area contributed by atoms with Gasteiger partial charge in [-0.3, -0.25) is 37.3 Å². The summed E-state index contributed by atoms with van der Waals surface area (Å²) < 4.78 is 68.5. The first-order chi connectivity index (χ1) is 46.5. The Morgan fingerprint density at radius 3 is 0.708 bits per heavy atom. The minimum Gasteiger partial charge on any atom is -0.462 e. The second-order valence-electron chi connectivity index (χ2n) is 28.2. The standard InChI is InChI=1S/C77H150O17P2/c1-6-9-12-15-18-20-22-24-26-28-33-37-41-46-51-56-61-75(80)88-67-73(94-77(82)63-58-53-48-43-39-35-31-30-32-36-40-45-49-54-59-70(4)5)69-92-96(85,86)90-65-71(78)64-89-95(83,84)91-68-72(66-87-74(79)60-55-50-44-17-14-11-8-3)93-76(81)62-57-52-47-42-38-34-29-27-25-23-21-19-16-13-10-7-2/h70-73,78H,6-69H2,1-5H3,(H,83,84)(H,85,86)/t71-,72+,73+/m0/s1. The lowest BCUT2D eigenvalue weighted by Gasteiger charge is -2.21. The number of aliphatic hydroxyl groups excluding tert-OH is 1. The van der Waals surface area contributed by atoms with Gasteiger partial charge in [-0.25, -0.2) is 9.13 Å². The molecule has 17 nitrogen and oxygen atoms in total. The molecule has 0 amide bonds. The van der Waals surface area contributed by atoms with Crippen LogP contribution in [0.15, 0.2) is 0 Å². The highest BCUT2D eigenvalue weighted by molar-refractivity contribution is 7.47. The number of carbonyl (C=O) groups is 4. The maximum atomic E-state index is 13.1. The summed E-state index contributed by atoms with van der Waals surface area (Å²) in [6.45, 7) is 7.29. The molecular formula is C77H150O17P2. The third-order valence-corrected chi connectivity index (χ3v) is 19.9. The molecule has 0 rings (SSSR count). The van der Waals surface area contributed by atoms with Crippen LogP contribution in [0.4, 0.5) is 0 Å². The van der Waals surface area contributed by atoms with Gasteiger partial charge in [-0.05, 0) is 31.6 Å². The van der Waals surface area contributed by atoms with Crippen molar-refractivity contribution in [1.82, 2.24) is 0 Å². The van der Waals surface area contributed by atoms with Crippen molar-refractivity contribution in [2.24, 2.45) is 5.92 Å². The van der Waals surface area contributed by atoms with Gasteiger partial charge in [0.1, 0.15) is 19.3 Å². The first kappa shape index (κ1) is 94.1. The zero-order valence-corrected chi connectivity index (χ0v) is 64.3. The van der Waals surface area contributed by atoms with E-state index in [-0.39, 0.29) is 25.7 Å². The van der Waals surface area contributed by atoms with Crippen LogP contribution in [-0.4, -0.2) is 96.7 Å². The van der Waals surface area contributed by atoms with Crippen molar-refractivity contribution in [3.05, 3.63) is 0 Å². The first-order valence-corrected chi connectivity index (χ1v) is 43.1. The van der Waals surface area contributed by atoms with Crippen LogP contribution in [0.5, 0.6) is 0 Å². The molecule has 0 saturated heterocycles. The number of esters is 4. The van der Waals surface area contributed by atoms with Crippen LogP contribution >= 0.6 is 15.6 Å². The number of hydrogen-bond acceptors (Lipinski definition) is 15. The Hall–Kier alpha value is -1.94. The summed E-state index contributed by atoms with van der Waals surface area (Å²) in [5.74, 6) is -1.32. The third kappa shape index (κ3) is 70.5. The van der Waals surface area contributed by atoms with E-state index in [1.54, 1.807) is 0 Å². The van der Waals surface area contributed by atoms with Gasteiger partial charge in [0, 0.05) is 25.7 Å². The summed E-state index contributed by atoms with van der Waals surface area (Å²) in [4.78, 5) is 72.7. The Kier molecular flexibility index (Phi) is 68.7. The Bertz CT molecular complexity index is 1840. The largest absolute Gasteiger partial charge is 0.472 e. The zero-order valence-electron chi connectivity index (χ0n) is 62.5. The van der Waals surface area contributed by atoms with E-state index in [2.05, 4.69) is 34.6 Å². The SMILES string of the molecule is CCCCCCCCCCCCCCCCCCC(=O)OC[C@H](COP(=O)(O)OC[C@@H](O)COP(=O)(O)OC[C@@H](COC(=O)CCCCCCCCC)OC(=O)CCCCCCCCCCCCCCCCCC)OC(=O)CCCCCCCCCCCCCCCCC(C)C. The van der Waals surface area contributed by atoms with Gasteiger partial charge < -0.3 is 33.8 Å². The Morgan fingerprint density at radius 1 is 0.281 bits per heavy atom. The molecular weight excluding hydrogens is 1260 g/mol. The minimum atomic E-state index is -4.96. The summed E-state index contributed by atoms with van der Waals surface area (Å²) in [6.07, 6.45) is 59.7. The number of phosphoric acid groups is 2. The van der Waals surface area contributed by atoms with Crippen LogP contribution in [-0.2, 0) is 65.4 Å². The number of carbonyl (C=O) groups excluding carboxylic acids is 4. The molecule has 0 bridgehead atoms. The fraction of sp³-hybridized carbons (Fsp3) is 0.948. The lowest BCUT2D eigenvalue weighted by Crippen LogP contribution is -2.30. The van der Waals surface area contributed by atoms with E-state index >= 15 is 0 Å². The lowest BCUT2D eigenvalue weighted by molar-refractivity contribution is -0.161. The van der Waals surface area contributed by atoms with E-state index < -0.39 is 97.5 Å². The van der Waals surface area contributed by atoms with Gasteiger partial charge in [-0.1, -0.05) is 356 Å². The Labute approximate surface area is 588 Å². The van der Waals surface area contributed by atoms with Crippen LogP contribution < -0.4 is 0 Å². The van der Waals surface area contributed by atoms with Gasteiger partial charge in [0.15, 0.2) is 12.2 Å². The molecule has 0 heterocycles. The average molecular weight is 1410 g/mol.